The SMILES string of the molecule is CCCN1C(=O)N[C@@](C)(c2ccc([N+](=O)[O-])cc2)C1=O. The van der Waals surface area contributed by atoms with Gasteiger partial charge in [0, 0.05) is 18.7 Å². The van der Waals surface area contributed by atoms with Gasteiger partial charge in [0.15, 0.2) is 0 Å². The summed E-state index contributed by atoms with van der Waals surface area (Å²) in [5.41, 5.74) is -0.693. The predicted molar refractivity (Wildman–Crippen MR) is 71.0 cm³/mol. The smallest absolute Gasteiger partial charge is 0.319 e. The lowest BCUT2D eigenvalue weighted by molar-refractivity contribution is -0.384. The second kappa shape index (κ2) is 4.92. The van der Waals surface area contributed by atoms with Gasteiger partial charge in [-0.05, 0) is 31.0 Å². The zero-order valence-electron chi connectivity index (χ0n) is 11.3. The highest BCUT2D eigenvalue weighted by Crippen LogP contribution is 2.29. The number of nitrogens with zero attached hydrogens (tertiary/aromatic N) is 2. The lowest BCUT2D eigenvalue weighted by Gasteiger charge is -2.22. The molecule has 0 spiro atoms. The Bertz CT molecular complexity index is 569. The third-order valence-electron chi connectivity index (χ3n) is 3.38. The fourth-order valence-corrected chi connectivity index (χ4v) is 2.24. The van der Waals surface area contributed by atoms with Crippen LogP contribution in [-0.4, -0.2) is 28.3 Å². The highest BCUT2D eigenvalue weighted by atomic mass is 16.6. The fourth-order valence-electron chi connectivity index (χ4n) is 2.24. The summed E-state index contributed by atoms with van der Waals surface area (Å²) in [6.45, 7) is 3.83. The second-order valence-corrected chi connectivity index (χ2v) is 4.82. The Labute approximate surface area is 115 Å². The number of hydrogen-bond acceptors (Lipinski definition) is 4. The molecule has 1 aromatic rings. The van der Waals surface area contributed by atoms with Crippen molar-refractivity contribution >= 4 is 17.6 Å². The Morgan fingerprint density at radius 2 is 1.90 bits per heavy atom. The van der Waals surface area contributed by atoms with Crippen LogP contribution in [0.25, 0.3) is 0 Å². The molecule has 106 valence electrons. The number of carbonyl (C=O) groups is 2. The monoisotopic (exact) mass is 277 g/mol. The summed E-state index contributed by atoms with van der Waals surface area (Å²) in [6.07, 6.45) is 0.676. The van der Waals surface area contributed by atoms with E-state index in [1.165, 1.54) is 29.2 Å². The molecule has 1 aromatic carbocycles. The Hall–Kier alpha value is -2.44. The molecule has 20 heavy (non-hydrogen) atoms. The number of nitrogens with one attached hydrogen (secondary N) is 1. The summed E-state index contributed by atoms with van der Waals surface area (Å²) < 4.78 is 0. The molecule has 7 nitrogen and oxygen atoms in total. The fraction of sp³-hybridized carbons (Fsp3) is 0.385. The first-order valence-corrected chi connectivity index (χ1v) is 6.29. The van der Waals surface area contributed by atoms with E-state index in [0.29, 0.717) is 18.5 Å². The number of hydrogen-bond donors (Lipinski definition) is 1. The Balaban J connectivity index is 2.34. The van der Waals surface area contributed by atoms with Crippen molar-refractivity contribution in [2.24, 2.45) is 0 Å². The van der Waals surface area contributed by atoms with Gasteiger partial charge in [-0.2, -0.15) is 0 Å². The molecular weight excluding hydrogens is 262 g/mol. The van der Waals surface area contributed by atoms with Gasteiger partial charge in [-0.1, -0.05) is 6.92 Å². The first-order valence-electron chi connectivity index (χ1n) is 6.29. The minimum atomic E-state index is -1.17. The number of urea groups is 1. The average molecular weight is 277 g/mol. The maximum absolute atomic E-state index is 12.4. The van der Waals surface area contributed by atoms with Crippen LogP contribution in [0.4, 0.5) is 10.5 Å². The zero-order valence-corrected chi connectivity index (χ0v) is 11.3. The maximum Gasteiger partial charge on any atom is 0.325 e. The average Bonchev–Trinajstić information content (AvgIpc) is 2.64. The number of non-ortho nitro benzene ring substituents is 1. The summed E-state index contributed by atoms with van der Waals surface area (Å²) in [7, 11) is 0. The van der Waals surface area contributed by atoms with Gasteiger partial charge < -0.3 is 5.32 Å². The molecule has 1 atom stereocenters. The third kappa shape index (κ3) is 2.11. The number of benzene rings is 1. The van der Waals surface area contributed by atoms with Crippen LogP contribution in [0.15, 0.2) is 24.3 Å². The van der Waals surface area contributed by atoms with Crippen molar-refractivity contribution in [1.29, 1.82) is 0 Å². The third-order valence-corrected chi connectivity index (χ3v) is 3.38. The van der Waals surface area contributed by atoms with Crippen molar-refractivity contribution in [2.45, 2.75) is 25.8 Å². The molecule has 1 aliphatic heterocycles. The first-order chi connectivity index (χ1) is 9.40. The highest BCUT2D eigenvalue weighted by Gasteiger charge is 2.48. The lowest BCUT2D eigenvalue weighted by Crippen LogP contribution is -2.40. The Morgan fingerprint density at radius 3 is 2.40 bits per heavy atom. The normalized spacial score (nSPS) is 22.0. The highest BCUT2D eigenvalue weighted by molar-refractivity contribution is 6.07. The molecule has 1 N–H and O–H groups in total. The quantitative estimate of drug-likeness (QED) is 0.515. The molecule has 1 aliphatic rings. The van der Waals surface area contributed by atoms with Crippen molar-refractivity contribution in [3.8, 4) is 0 Å². The standard InChI is InChI=1S/C13H15N3O4/c1-3-8-15-11(17)13(2,14-12(15)18)9-4-6-10(7-5-9)16(19)20/h4-7H,3,8H2,1-2H3,(H,14,18)/t13-/m0/s1. The van der Waals surface area contributed by atoms with Crippen LogP contribution >= 0.6 is 0 Å². The summed E-state index contributed by atoms with van der Waals surface area (Å²) in [6, 6.07) is 5.19. The topological polar surface area (TPSA) is 92.6 Å². The van der Waals surface area contributed by atoms with E-state index in [1.807, 2.05) is 6.92 Å². The van der Waals surface area contributed by atoms with Crippen LogP contribution in [0.1, 0.15) is 25.8 Å². The van der Waals surface area contributed by atoms with Crippen molar-refractivity contribution in [2.75, 3.05) is 6.54 Å². The molecule has 2 rings (SSSR count). The number of amides is 3. The van der Waals surface area contributed by atoms with Crippen LogP contribution in [0.5, 0.6) is 0 Å². The molecule has 3 amide bonds. The molecule has 0 bridgehead atoms. The predicted octanol–water partition coefficient (Wildman–Crippen LogP) is 1.77. The van der Waals surface area contributed by atoms with E-state index < -0.39 is 16.5 Å². The van der Waals surface area contributed by atoms with Gasteiger partial charge >= 0.3 is 6.03 Å². The minimum Gasteiger partial charge on any atom is -0.319 e. The molecule has 7 heteroatoms. The molecule has 1 saturated heterocycles. The van der Waals surface area contributed by atoms with E-state index in [0.717, 1.165) is 0 Å². The molecule has 1 heterocycles. The van der Waals surface area contributed by atoms with Crippen molar-refractivity contribution in [3.63, 3.8) is 0 Å². The first kappa shape index (κ1) is 14.0. The number of nitro groups is 1. The van der Waals surface area contributed by atoms with Gasteiger partial charge in [0.2, 0.25) is 0 Å². The van der Waals surface area contributed by atoms with E-state index >= 15 is 0 Å². The number of imide groups is 1. The zero-order chi connectivity index (χ0) is 14.9. The molecule has 0 saturated carbocycles. The van der Waals surface area contributed by atoms with Gasteiger partial charge in [0.1, 0.15) is 5.54 Å². The maximum atomic E-state index is 12.4. The van der Waals surface area contributed by atoms with Crippen LogP contribution in [-0.2, 0) is 10.3 Å². The number of nitro benzene ring substituents is 1. The Kier molecular flexibility index (Phi) is 3.44. The van der Waals surface area contributed by atoms with E-state index in [9.17, 15) is 19.7 Å². The minimum absolute atomic E-state index is 0.0560. The number of rotatable bonds is 4. The van der Waals surface area contributed by atoms with Crippen LogP contribution in [0.3, 0.4) is 0 Å². The number of carbonyl (C=O) groups excluding carboxylic acids is 2. The van der Waals surface area contributed by atoms with Crippen LogP contribution in [0, 0.1) is 10.1 Å². The van der Waals surface area contributed by atoms with Crippen LogP contribution < -0.4 is 5.32 Å². The van der Waals surface area contributed by atoms with Crippen molar-refractivity contribution in [1.82, 2.24) is 10.2 Å². The summed E-state index contributed by atoms with van der Waals surface area (Å²) in [5, 5.41) is 13.3. The van der Waals surface area contributed by atoms with Crippen molar-refractivity contribution in [3.05, 3.63) is 39.9 Å². The second-order valence-electron chi connectivity index (χ2n) is 4.82. The van der Waals surface area contributed by atoms with Gasteiger partial charge in [-0.15, -0.1) is 0 Å². The van der Waals surface area contributed by atoms with Gasteiger partial charge in [-0.25, -0.2) is 4.79 Å². The lowest BCUT2D eigenvalue weighted by atomic mass is 9.92. The molecule has 1 fully saturated rings. The van der Waals surface area contributed by atoms with Gasteiger partial charge in [-0.3, -0.25) is 19.8 Å². The molecule has 0 aliphatic carbocycles. The van der Waals surface area contributed by atoms with E-state index in [1.54, 1.807) is 6.92 Å². The van der Waals surface area contributed by atoms with Crippen LogP contribution in [0.2, 0.25) is 0 Å². The van der Waals surface area contributed by atoms with Gasteiger partial charge in [0.05, 0.1) is 4.92 Å². The van der Waals surface area contributed by atoms with E-state index in [4.69, 9.17) is 0 Å². The summed E-state index contributed by atoms with van der Waals surface area (Å²) >= 11 is 0. The van der Waals surface area contributed by atoms with Crippen molar-refractivity contribution < 1.29 is 14.5 Å². The summed E-state index contributed by atoms with van der Waals surface area (Å²) in [4.78, 5) is 35.5. The molecule has 0 aromatic heterocycles. The molecular formula is C13H15N3O4. The van der Waals surface area contributed by atoms with Gasteiger partial charge in [0.25, 0.3) is 11.6 Å². The molecule has 0 unspecified atom stereocenters. The largest absolute Gasteiger partial charge is 0.325 e. The Morgan fingerprint density at radius 1 is 1.30 bits per heavy atom. The van der Waals surface area contributed by atoms with E-state index in [-0.39, 0.29) is 11.6 Å². The summed E-state index contributed by atoms with van der Waals surface area (Å²) in [5.74, 6) is -0.335. The molecule has 0 radical (unpaired) electrons. The van der Waals surface area contributed by atoms with E-state index in [2.05, 4.69) is 5.32 Å².